The molecule has 0 amide bonds. The summed E-state index contributed by atoms with van der Waals surface area (Å²) in [5, 5.41) is 0. The van der Waals surface area contributed by atoms with Crippen molar-refractivity contribution in [2.75, 3.05) is 4.90 Å². The lowest BCUT2D eigenvalue weighted by Gasteiger charge is -2.36. The third-order valence-corrected chi connectivity index (χ3v) is 14.3. The summed E-state index contributed by atoms with van der Waals surface area (Å²) in [6, 6.07) is 83.3. The maximum Gasteiger partial charge on any atom is 0.0540 e. The van der Waals surface area contributed by atoms with E-state index in [9.17, 15) is 0 Å². The zero-order valence-corrected chi connectivity index (χ0v) is 34.8. The molecule has 9 aromatic carbocycles. The smallest absolute Gasteiger partial charge is 0.0540 e. The van der Waals surface area contributed by atoms with Crippen LogP contribution in [0.2, 0.25) is 0 Å². The van der Waals surface area contributed by atoms with E-state index in [0.29, 0.717) is 5.92 Å². The summed E-state index contributed by atoms with van der Waals surface area (Å²) in [5.74, 6) is 1.54. The number of nitrogens with zero attached hydrogens (tertiary/aromatic N) is 1. The molecule has 2 bridgehead atoms. The standard InChI is InChI=1S/C61H47N/c1-4-18-43(19-5-1)46-37-47(44-20-6-2-7-21-44)39-50(38-46)62(49-34-35-59-57(40-49)55-28-14-16-30-58(55)61(59)41-42-32-33-48(61)36-42)60-31-17-15-29-56(60)54-27-13-12-26-53(54)52-25-11-10-24-51(52)45-22-8-3-9-23-45/h1-31,34-35,37-40,42,48H,32-33,36,41H2. The number of para-hydroxylation sites is 1. The van der Waals surface area contributed by atoms with Gasteiger partial charge in [-0.15, -0.1) is 0 Å². The molecular formula is C61H47N. The Balaban J connectivity index is 1.11. The number of fused-ring (bicyclic) bond motifs is 8. The molecule has 12 rings (SSSR count). The highest BCUT2D eigenvalue weighted by Gasteiger charge is 2.56. The molecule has 3 aliphatic rings. The van der Waals surface area contributed by atoms with E-state index in [1.165, 1.54) is 98.0 Å². The van der Waals surface area contributed by atoms with Crippen LogP contribution >= 0.6 is 0 Å². The second kappa shape index (κ2) is 15.0. The van der Waals surface area contributed by atoms with Crippen LogP contribution in [0.25, 0.3) is 66.8 Å². The average Bonchev–Trinajstić information content (AvgIpc) is 4.05. The van der Waals surface area contributed by atoms with E-state index in [2.05, 4.69) is 229 Å². The van der Waals surface area contributed by atoms with Crippen molar-refractivity contribution in [3.8, 4) is 66.8 Å². The molecule has 2 fully saturated rings. The molecule has 9 aromatic rings. The molecule has 1 heteroatoms. The molecule has 0 saturated heterocycles. The summed E-state index contributed by atoms with van der Waals surface area (Å²) in [7, 11) is 0. The first-order chi connectivity index (χ1) is 30.7. The summed E-state index contributed by atoms with van der Waals surface area (Å²) in [6.07, 6.45) is 5.34. The van der Waals surface area contributed by atoms with Gasteiger partial charge in [-0.2, -0.15) is 0 Å². The zero-order chi connectivity index (χ0) is 41.0. The maximum atomic E-state index is 2.54. The lowest BCUT2D eigenvalue weighted by molar-refractivity contribution is 0.327. The molecule has 0 N–H and O–H groups in total. The Bertz CT molecular complexity index is 3040. The zero-order valence-electron chi connectivity index (χ0n) is 34.8. The number of anilines is 3. The lowest BCUT2D eigenvalue weighted by atomic mass is 9.67. The van der Waals surface area contributed by atoms with Crippen LogP contribution in [-0.4, -0.2) is 0 Å². The van der Waals surface area contributed by atoms with Crippen LogP contribution in [0.4, 0.5) is 17.1 Å². The Morgan fingerprint density at radius 2 is 0.839 bits per heavy atom. The van der Waals surface area contributed by atoms with Crippen molar-refractivity contribution in [2.45, 2.75) is 31.1 Å². The summed E-state index contributed by atoms with van der Waals surface area (Å²) in [6.45, 7) is 0. The van der Waals surface area contributed by atoms with Crippen molar-refractivity contribution in [3.63, 3.8) is 0 Å². The Morgan fingerprint density at radius 1 is 0.339 bits per heavy atom. The first-order valence-corrected chi connectivity index (χ1v) is 22.4. The first kappa shape index (κ1) is 36.6. The van der Waals surface area contributed by atoms with Gasteiger partial charge < -0.3 is 4.90 Å². The van der Waals surface area contributed by atoms with Crippen LogP contribution in [0, 0.1) is 11.8 Å². The van der Waals surface area contributed by atoms with Gasteiger partial charge in [0.2, 0.25) is 0 Å². The quantitative estimate of drug-likeness (QED) is 0.148. The highest BCUT2D eigenvalue weighted by molar-refractivity contribution is 5.98. The summed E-state index contributed by atoms with van der Waals surface area (Å²) < 4.78 is 0. The molecule has 62 heavy (non-hydrogen) atoms. The van der Waals surface area contributed by atoms with Crippen molar-refractivity contribution in [1.29, 1.82) is 0 Å². The van der Waals surface area contributed by atoms with Crippen LogP contribution in [0.5, 0.6) is 0 Å². The minimum absolute atomic E-state index is 0.120. The minimum atomic E-state index is 0.120. The monoisotopic (exact) mass is 793 g/mol. The molecule has 1 spiro atoms. The molecule has 296 valence electrons. The molecule has 3 atom stereocenters. The second-order valence-corrected chi connectivity index (χ2v) is 17.6. The van der Waals surface area contributed by atoms with E-state index in [-0.39, 0.29) is 5.41 Å². The van der Waals surface area contributed by atoms with Gasteiger partial charge >= 0.3 is 0 Å². The van der Waals surface area contributed by atoms with Crippen molar-refractivity contribution >= 4 is 17.1 Å². The Labute approximate surface area is 365 Å². The molecule has 3 aliphatic carbocycles. The molecule has 0 aliphatic heterocycles. The molecule has 2 saturated carbocycles. The van der Waals surface area contributed by atoms with Crippen molar-refractivity contribution in [2.24, 2.45) is 11.8 Å². The van der Waals surface area contributed by atoms with Crippen LogP contribution in [0.1, 0.15) is 36.8 Å². The third-order valence-electron chi connectivity index (χ3n) is 14.3. The van der Waals surface area contributed by atoms with Crippen LogP contribution in [-0.2, 0) is 5.41 Å². The molecular weight excluding hydrogens is 747 g/mol. The Kier molecular flexibility index (Phi) is 8.89. The highest BCUT2D eigenvalue weighted by atomic mass is 15.1. The Hall–Kier alpha value is -7.22. The number of rotatable bonds is 8. The fraction of sp³-hybridized carbons (Fsp3) is 0.115. The minimum Gasteiger partial charge on any atom is -0.310 e. The van der Waals surface area contributed by atoms with Crippen LogP contribution < -0.4 is 4.90 Å². The van der Waals surface area contributed by atoms with Gasteiger partial charge in [0.05, 0.1) is 5.69 Å². The van der Waals surface area contributed by atoms with Crippen LogP contribution in [0.3, 0.4) is 0 Å². The Morgan fingerprint density at radius 3 is 1.45 bits per heavy atom. The largest absolute Gasteiger partial charge is 0.310 e. The maximum absolute atomic E-state index is 2.54. The van der Waals surface area contributed by atoms with Gasteiger partial charge in [0.1, 0.15) is 0 Å². The normalized spacial score (nSPS) is 18.1. The average molecular weight is 794 g/mol. The predicted molar refractivity (Wildman–Crippen MR) is 260 cm³/mol. The van der Waals surface area contributed by atoms with E-state index >= 15 is 0 Å². The van der Waals surface area contributed by atoms with Crippen LogP contribution in [0.15, 0.2) is 224 Å². The summed E-state index contributed by atoms with van der Waals surface area (Å²) in [4.78, 5) is 2.54. The van der Waals surface area contributed by atoms with E-state index in [4.69, 9.17) is 0 Å². The van der Waals surface area contributed by atoms with E-state index in [0.717, 1.165) is 23.0 Å². The van der Waals surface area contributed by atoms with Crippen molar-refractivity contribution in [1.82, 2.24) is 0 Å². The van der Waals surface area contributed by atoms with Gasteiger partial charge in [0.25, 0.3) is 0 Å². The van der Waals surface area contributed by atoms with Gasteiger partial charge in [0.15, 0.2) is 0 Å². The number of hydrogen-bond donors (Lipinski definition) is 0. The third kappa shape index (κ3) is 5.98. The fourth-order valence-electron chi connectivity index (χ4n) is 11.7. The predicted octanol–water partition coefficient (Wildman–Crippen LogP) is 16.6. The highest BCUT2D eigenvalue weighted by Crippen LogP contribution is 2.66. The molecule has 0 heterocycles. The van der Waals surface area contributed by atoms with Crippen molar-refractivity contribution in [3.05, 3.63) is 236 Å². The fourth-order valence-corrected chi connectivity index (χ4v) is 11.7. The molecule has 1 nitrogen and oxygen atoms in total. The summed E-state index contributed by atoms with van der Waals surface area (Å²) >= 11 is 0. The van der Waals surface area contributed by atoms with Gasteiger partial charge in [-0.1, -0.05) is 194 Å². The topological polar surface area (TPSA) is 3.24 Å². The second-order valence-electron chi connectivity index (χ2n) is 17.6. The SMILES string of the molecule is c1ccc(-c2cc(-c3ccccc3)cc(N(c3ccc4c(c3)-c3ccccc3C43CC4CCC3C4)c3ccccc3-c3ccccc3-c3ccccc3-c3ccccc3)c2)cc1. The van der Waals surface area contributed by atoms with E-state index < -0.39 is 0 Å². The van der Waals surface area contributed by atoms with Gasteiger partial charge in [-0.25, -0.2) is 0 Å². The van der Waals surface area contributed by atoms with Gasteiger partial charge in [-0.05, 0) is 140 Å². The van der Waals surface area contributed by atoms with Crippen molar-refractivity contribution < 1.29 is 0 Å². The van der Waals surface area contributed by atoms with Gasteiger partial charge in [-0.3, -0.25) is 0 Å². The molecule has 3 unspecified atom stereocenters. The number of hydrogen-bond acceptors (Lipinski definition) is 1. The lowest BCUT2D eigenvalue weighted by Crippen LogP contribution is -2.31. The van der Waals surface area contributed by atoms with Gasteiger partial charge in [0, 0.05) is 22.4 Å². The molecule has 0 aromatic heterocycles. The molecule has 0 radical (unpaired) electrons. The summed E-state index contributed by atoms with van der Waals surface area (Å²) in [5.41, 5.74) is 21.5. The van der Waals surface area contributed by atoms with E-state index in [1.807, 2.05) is 0 Å². The first-order valence-electron chi connectivity index (χ1n) is 22.4. The number of benzene rings is 9. The van der Waals surface area contributed by atoms with E-state index in [1.54, 1.807) is 5.56 Å².